The van der Waals surface area contributed by atoms with Gasteiger partial charge < -0.3 is 10.3 Å². The molecule has 0 aliphatic rings. The van der Waals surface area contributed by atoms with Crippen LogP contribution in [0, 0.1) is 13.8 Å². The molecule has 0 spiro atoms. The van der Waals surface area contributed by atoms with E-state index in [1.807, 2.05) is 50.2 Å². The van der Waals surface area contributed by atoms with Gasteiger partial charge in [-0.3, -0.25) is 4.79 Å². The highest BCUT2D eigenvalue weighted by Crippen LogP contribution is 2.22. The van der Waals surface area contributed by atoms with Crippen molar-refractivity contribution in [1.29, 1.82) is 0 Å². The van der Waals surface area contributed by atoms with Crippen LogP contribution >= 0.6 is 0 Å². The number of para-hydroxylation sites is 1. The molecule has 106 valence electrons. The Morgan fingerprint density at radius 2 is 1.95 bits per heavy atom. The smallest absolute Gasteiger partial charge is 0.230 e. The number of carbonyl (C=O) groups is 1. The lowest BCUT2D eigenvalue weighted by Crippen LogP contribution is -2.15. The van der Waals surface area contributed by atoms with Gasteiger partial charge in [0, 0.05) is 22.3 Å². The third-order valence-electron chi connectivity index (χ3n) is 3.52. The molecule has 0 aliphatic heterocycles. The fourth-order valence-corrected chi connectivity index (χ4v) is 2.52. The number of aromatic amines is 1. The van der Waals surface area contributed by atoms with Crippen molar-refractivity contribution in [1.82, 2.24) is 9.97 Å². The molecule has 0 radical (unpaired) electrons. The topological polar surface area (TPSA) is 57.8 Å². The van der Waals surface area contributed by atoms with Crippen molar-refractivity contribution >= 4 is 22.6 Å². The van der Waals surface area contributed by atoms with Crippen LogP contribution in [0.4, 0.5) is 5.82 Å². The highest BCUT2D eigenvalue weighted by Gasteiger charge is 2.12. The molecular formula is C17H17N3O. The molecule has 3 rings (SSSR count). The molecule has 0 fully saturated rings. The summed E-state index contributed by atoms with van der Waals surface area (Å²) >= 11 is 0. The Hall–Kier alpha value is -2.62. The van der Waals surface area contributed by atoms with Crippen LogP contribution in [0.5, 0.6) is 0 Å². The second-order valence-corrected chi connectivity index (χ2v) is 5.16. The van der Waals surface area contributed by atoms with Crippen LogP contribution < -0.4 is 5.32 Å². The fraction of sp³-hybridized carbons (Fsp3) is 0.176. The molecule has 1 amide bonds. The first-order chi connectivity index (χ1) is 10.1. The van der Waals surface area contributed by atoms with E-state index in [-0.39, 0.29) is 5.91 Å². The summed E-state index contributed by atoms with van der Waals surface area (Å²) < 4.78 is 0. The number of anilines is 1. The van der Waals surface area contributed by atoms with Crippen molar-refractivity contribution in [3.8, 4) is 0 Å². The van der Waals surface area contributed by atoms with Crippen molar-refractivity contribution in [3.05, 3.63) is 59.4 Å². The molecular weight excluding hydrogens is 262 g/mol. The number of hydrogen-bond acceptors (Lipinski definition) is 2. The number of carbonyl (C=O) groups excluding carboxylic acids is 1. The quantitative estimate of drug-likeness (QED) is 0.772. The average Bonchev–Trinajstić information content (AvgIpc) is 2.75. The van der Waals surface area contributed by atoms with Gasteiger partial charge in [0.25, 0.3) is 0 Å². The van der Waals surface area contributed by atoms with Gasteiger partial charge in [0.2, 0.25) is 5.91 Å². The Kier molecular flexibility index (Phi) is 3.44. The molecule has 2 N–H and O–H groups in total. The summed E-state index contributed by atoms with van der Waals surface area (Å²) in [5.41, 5.74) is 4.02. The van der Waals surface area contributed by atoms with Crippen LogP contribution in [0.3, 0.4) is 0 Å². The molecule has 0 bridgehead atoms. The molecule has 2 heterocycles. The second kappa shape index (κ2) is 5.40. The normalized spacial score (nSPS) is 10.8. The summed E-state index contributed by atoms with van der Waals surface area (Å²) in [5, 5.41) is 3.95. The Balaban J connectivity index is 1.82. The van der Waals surface area contributed by atoms with Crippen LogP contribution in [0.1, 0.15) is 17.0 Å². The minimum atomic E-state index is -0.0547. The van der Waals surface area contributed by atoms with Crippen molar-refractivity contribution in [2.45, 2.75) is 20.3 Å². The SMILES string of the molecule is Cc1cccc(NC(=O)Cc2c(C)[nH]c3ccccc23)n1. The van der Waals surface area contributed by atoms with Gasteiger partial charge in [-0.1, -0.05) is 24.3 Å². The van der Waals surface area contributed by atoms with Gasteiger partial charge in [-0.25, -0.2) is 4.98 Å². The summed E-state index contributed by atoms with van der Waals surface area (Å²) in [6, 6.07) is 13.6. The van der Waals surface area contributed by atoms with E-state index < -0.39 is 0 Å². The predicted molar refractivity (Wildman–Crippen MR) is 84.3 cm³/mol. The summed E-state index contributed by atoms with van der Waals surface area (Å²) in [6.45, 7) is 3.90. The van der Waals surface area contributed by atoms with Crippen LogP contribution in [0.15, 0.2) is 42.5 Å². The molecule has 21 heavy (non-hydrogen) atoms. The maximum atomic E-state index is 12.2. The van der Waals surface area contributed by atoms with E-state index in [1.54, 1.807) is 6.07 Å². The van der Waals surface area contributed by atoms with E-state index in [2.05, 4.69) is 15.3 Å². The molecule has 0 saturated heterocycles. The maximum Gasteiger partial charge on any atom is 0.230 e. The number of aryl methyl sites for hydroxylation is 2. The molecule has 2 aromatic heterocycles. The van der Waals surface area contributed by atoms with Gasteiger partial charge in [-0.2, -0.15) is 0 Å². The number of aromatic nitrogens is 2. The first kappa shape index (κ1) is 13.4. The number of nitrogens with zero attached hydrogens (tertiary/aromatic N) is 1. The summed E-state index contributed by atoms with van der Waals surface area (Å²) in [5.74, 6) is 0.540. The van der Waals surface area contributed by atoms with E-state index in [9.17, 15) is 4.79 Å². The van der Waals surface area contributed by atoms with Crippen LogP contribution in [0.25, 0.3) is 10.9 Å². The number of rotatable bonds is 3. The Labute approximate surface area is 123 Å². The van der Waals surface area contributed by atoms with E-state index in [1.165, 1.54) is 0 Å². The summed E-state index contributed by atoms with van der Waals surface area (Å²) in [6.07, 6.45) is 0.339. The number of fused-ring (bicyclic) bond motifs is 1. The van der Waals surface area contributed by atoms with Gasteiger partial charge >= 0.3 is 0 Å². The third-order valence-corrected chi connectivity index (χ3v) is 3.52. The van der Waals surface area contributed by atoms with Crippen LogP contribution in [0.2, 0.25) is 0 Å². The third kappa shape index (κ3) is 2.79. The van der Waals surface area contributed by atoms with Crippen LogP contribution in [-0.4, -0.2) is 15.9 Å². The molecule has 4 nitrogen and oxygen atoms in total. The first-order valence-corrected chi connectivity index (χ1v) is 6.93. The van der Waals surface area contributed by atoms with E-state index in [0.29, 0.717) is 12.2 Å². The van der Waals surface area contributed by atoms with Gasteiger partial charge in [0.1, 0.15) is 5.82 Å². The fourth-order valence-electron chi connectivity index (χ4n) is 2.52. The number of pyridine rings is 1. The van der Waals surface area contributed by atoms with E-state index in [4.69, 9.17) is 0 Å². The van der Waals surface area contributed by atoms with Crippen molar-refractivity contribution < 1.29 is 4.79 Å². The standard InChI is InChI=1S/C17H17N3O/c1-11-6-5-9-16(18-11)20-17(21)10-14-12(2)19-15-8-4-3-7-13(14)15/h3-9,19H,10H2,1-2H3,(H,18,20,21). The van der Waals surface area contributed by atoms with Crippen molar-refractivity contribution in [2.24, 2.45) is 0 Å². The average molecular weight is 279 g/mol. The van der Waals surface area contributed by atoms with E-state index >= 15 is 0 Å². The van der Waals surface area contributed by atoms with Crippen molar-refractivity contribution in [3.63, 3.8) is 0 Å². The van der Waals surface area contributed by atoms with Crippen molar-refractivity contribution in [2.75, 3.05) is 5.32 Å². The molecule has 0 aliphatic carbocycles. The number of benzene rings is 1. The number of nitrogens with one attached hydrogen (secondary N) is 2. The summed E-state index contributed by atoms with van der Waals surface area (Å²) in [4.78, 5) is 19.8. The monoisotopic (exact) mass is 279 g/mol. The van der Waals surface area contributed by atoms with Gasteiger partial charge in [-0.15, -0.1) is 0 Å². The molecule has 1 aromatic carbocycles. The molecule has 0 unspecified atom stereocenters. The molecule has 4 heteroatoms. The predicted octanol–water partition coefficient (Wildman–Crippen LogP) is 3.36. The number of hydrogen-bond donors (Lipinski definition) is 2. The molecule has 0 saturated carbocycles. The zero-order valence-electron chi connectivity index (χ0n) is 12.1. The Morgan fingerprint density at radius 3 is 2.76 bits per heavy atom. The van der Waals surface area contributed by atoms with Gasteiger partial charge in [0.15, 0.2) is 0 Å². The number of amides is 1. The Morgan fingerprint density at radius 1 is 1.14 bits per heavy atom. The summed E-state index contributed by atoms with van der Waals surface area (Å²) in [7, 11) is 0. The Bertz CT molecular complexity index is 805. The minimum absolute atomic E-state index is 0.0547. The number of H-pyrrole nitrogens is 1. The first-order valence-electron chi connectivity index (χ1n) is 6.93. The lowest BCUT2D eigenvalue weighted by Gasteiger charge is -2.05. The van der Waals surface area contributed by atoms with Gasteiger partial charge in [-0.05, 0) is 37.6 Å². The highest BCUT2D eigenvalue weighted by molar-refractivity contribution is 5.95. The van der Waals surface area contributed by atoms with Crippen LogP contribution in [-0.2, 0) is 11.2 Å². The zero-order chi connectivity index (χ0) is 14.8. The van der Waals surface area contributed by atoms with Gasteiger partial charge in [0.05, 0.1) is 6.42 Å². The largest absolute Gasteiger partial charge is 0.358 e. The second-order valence-electron chi connectivity index (χ2n) is 5.16. The van der Waals surface area contributed by atoms with E-state index in [0.717, 1.165) is 27.9 Å². The minimum Gasteiger partial charge on any atom is -0.358 e. The highest BCUT2D eigenvalue weighted by atomic mass is 16.1. The zero-order valence-corrected chi connectivity index (χ0v) is 12.1. The molecule has 3 aromatic rings. The molecule has 0 atom stereocenters. The lowest BCUT2D eigenvalue weighted by atomic mass is 10.1. The lowest BCUT2D eigenvalue weighted by molar-refractivity contribution is -0.115. The maximum absolute atomic E-state index is 12.2.